The van der Waals surface area contributed by atoms with Crippen molar-refractivity contribution in [2.75, 3.05) is 0 Å². The minimum Gasteiger partial charge on any atom is -0.457 e. The van der Waals surface area contributed by atoms with Crippen molar-refractivity contribution in [3.8, 4) is 11.5 Å². The summed E-state index contributed by atoms with van der Waals surface area (Å²) >= 11 is 8.49. The number of benzene rings is 3. The summed E-state index contributed by atoms with van der Waals surface area (Å²) in [5, 5.41) is 2.30. The Hall–Kier alpha value is -1.91. The lowest BCUT2D eigenvalue weighted by atomic mass is 10.1. The Morgan fingerprint density at radius 1 is 0.952 bits per heavy atom. The van der Waals surface area contributed by atoms with Crippen LogP contribution in [-0.2, 0) is 0 Å². The molecule has 0 radical (unpaired) electrons. The molecule has 0 amide bonds. The molecule has 0 bridgehead atoms. The van der Waals surface area contributed by atoms with Crippen LogP contribution in [0.1, 0.15) is 5.56 Å². The molecule has 0 saturated heterocycles. The standard InChI is InChI=1S/C17H12BrNOS/c18-13-6-8-16(15(10-13)17(19)21)20-14-7-5-11-3-1-2-4-12(11)9-14/h1-10H,(H2,19,21). The van der Waals surface area contributed by atoms with Crippen molar-refractivity contribution in [2.45, 2.75) is 0 Å². The second-order valence-corrected chi connectivity index (χ2v) is 5.97. The maximum atomic E-state index is 5.95. The van der Waals surface area contributed by atoms with Gasteiger partial charge in [0.25, 0.3) is 0 Å². The van der Waals surface area contributed by atoms with Crippen LogP contribution in [0.3, 0.4) is 0 Å². The average Bonchev–Trinajstić information content (AvgIpc) is 2.49. The summed E-state index contributed by atoms with van der Waals surface area (Å²) in [7, 11) is 0. The minimum atomic E-state index is 0.312. The molecule has 0 spiro atoms. The van der Waals surface area contributed by atoms with Crippen molar-refractivity contribution < 1.29 is 4.74 Å². The van der Waals surface area contributed by atoms with E-state index in [1.165, 1.54) is 5.39 Å². The highest BCUT2D eigenvalue weighted by Crippen LogP contribution is 2.30. The van der Waals surface area contributed by atoms with Crippen LogP contribution in [-0.4, -0.2) is 4.99 Å². The van der Waals surface area contributed by atoms with Gasteiger partial charge in [0.15, 0.2) is 0 Å². The number of hydrogen-bond acceptors (Lipinski definition) is 2. The van der Waals surface area contributed by atoms with Gasteiger partial charge in [0.2, 0.25) is 0 Å². The molecule has 0 aromatic heterocycles. The SMILES string of the molecule is NC(=S)c1cc(Br)ccc1Oc1ccc2ccccc2c1. The lowest BCUT2D eigenvalue weighted by Gasteiger charge is -2.11. The summed E-state index contributed by atoms with van der Waals surface area (Å²) in [5.74, 6) is 1.41. The summed E-state index contributed by atoms with van der Waals surface area (Å²) in [6, 6.07) is 19.7. The Morgan fingerprint density at radius 2 is 1.71 bits per heavy atom. The highest BCUT2D eigenvalue weighted by Gasteiger charge is 2.08. The predicted molar refractivity (Wildman–Crippen MR) is 94.1 cm³/mol. The first-order chi connectivity index (χ1) is 10.1. The van der Waals surface area contributed by atoms with Gasteiger partial charge in [0.1, 0.15) is 16.5 Å². The van der Waals surface area contributed by atoms with E-state index in [1.807, 2.05) is 48.5 Å². The molecule has 0 unspecified atom stereocenters. The first kappa shape index (κ1) is 14.0. The van der Waals surface area contributed by atoms with E-state index in [0.717, 1.165) is 15.6 Å². The molecule has 0 aliphatic heterocycles. The van der Waals surface area contributed by atoms with Crippen LogP contribution in [0.15, 0.2) is 65.1 Å². The fourth-order valence-electron chi connectivity index (χ4n) is 2.14. The van der Waals surface area contributed by atoms with Crippen LogP contribution in [0, 0.1) is 0 Å². The van der Waals surface area contributed by atoms with Crippen LogP contribution < -0.4 is 10.5 Å². The van der Waals surface area contributed by atoms with Gasteiger partial charge >= 0.3 is 0 Å². The highest BCUT2D eigenvalue weighted by molar-refractivity contribution is 9.10. The first-order valence-electron chi connectivity index (χ1n) is 6.39. The minimum absolute atomic E-state index is 0.312. The number of rotatable bonds is 3. The Kier molecular flexibility index (Phi) is 3.90. The zero-order valence-corrected chi connectivity index (χ0v) is 13.4. The maximum Gasteiger partial charge on any atom is 0.137 e. The molecule has 2 nitrogen and oxygen atoms in total. The molecular formula is C17H12BrNOS. The number of ether oxygens (including phenoxy) is 1. The summed E-state index contributed by atoms with van der Waals surface area (Å²) < 4.78 is 6.86. The van der Waals surface area contributed by atoms with Gasteiger partial charge in [-0.2, -0.15) is 0 Å². The topological polar surface area (TPSA) is 35.2 Å². The molecule has 3 rings (SSSR count). The second-order valence-electron chi connectivity index (χ2n) is 4.62. The maximum absolute atomic E-state index is 5.95. The number of halogens is 1. The van der Waals surface area contributed by atoms with Crippen molar-refractivity contribution in [1.29, 1.82) is 0 Å². The van der Waals surface area contributed by atoms with Gasteiger partial charge < -0.3 is 10.5 Å². The Bertz CT molecular complexity index is 832. The first-order valence-corrected chi connectivity index (χ1v) is 7.59. The Labute approximate surface area is 136 Å². The largest absolute Gasteiger partial charge is 0.457 e. The van der Waals surface area contributed by atoms with Gasteiger partial charge in [0.05, 0.1) is 5.56 Å². The van der Waals surface area contributed by atoms with Gasteiger partial charge in [-0.1, -0.05) is 58.5 Å². The zero-order chi connectivity index (χ0) is 14.8. The molecule has 0 heterocycles. The third-order valence-electron chi connectivity index (χ3n) is 3.16. The second kappa shape index (κ2) is 5.84. The smallest absolute Gasteiger partial charge is 0.137 e. The van der Waals surface area contributed by atoms with E-state index >= 15 is 0 Å². The van der Waals surface area contributed by atoms with Crippen molar-refractivity contribution in [3.63, 3.8) is 0 Å². The average molecular weight is 358 g/mol. The van der Waals surface area contributed by atoms with Crippen LogP contribution in [0.2, 0.25) is 0 Å². The van der Waals surface area contributed by atoms with E-state index in [2.05, 4.69) is 28.1 Å². The molecule has 104 valence electrons. The van der Waals surface area contributed by atoms with E-state index < -0.39 is 0 Å². The molecule has 0 atom stereocenters. The molecule has 21 heavy (non-hydrogen) atoms. The van der Waals surface area contributed by atoms with Crippen molar-refractivity contribution in [1.82, 2.24) is 0 Å². The molecule has 3 aromatic carbocycles. The van der Waals surface area contributed by atoms with Crippen molar-refractivity contribution in [3.05, 3.63) is 70.7 Å². The van der Waals surface area contributed by atoms with Gasteiger partial charge in [-0.05, 0) is 41.1 Å². The quantitative estimate of drug-likeness (QED) is 0.667. The third kappa shape index (κ3) is 3.06. The fourth-order valence-corrected chi connectivity index (χ4v) is 2.66. The molecule has 0 fully saturated rings. The molecule has 4 heteroatoms. The van der Waals surface area contributed by atoms with E-state index in [0.29, 0.717) is 16.3 Å². The van der Waals surface area contributed by atoms with Gasteiger partial charge in [-0.15, -0.1) is 0 Å². The summed E-state index contributed by atoms with van der Waals surface area (Å²) in [4.78, 5) is 0.312. The van der Waals surface area contributed by atoms with Crippen molar-refractivity contribution in [2.24, 2.45) is 5.73 Å². The van der Waals surface area contributed by atoms with Gasteiger partial charge in [0, 0.05) is 4.47 Å². The normalized spacial score (nSPS) is 10.5. The van der Waals surface area contributed by atoms with Crippen LogP contribution >= 0.6 is 28.1 Å². The number of nitrogens with two attached hydrogens (primary N) is 1. The van der Waals surface area contributed by atoms with E-state index in [9.17, 15) is 0 Å². The number of fused-ring (bicyclic) bond motifs is 1. The molecule has 0 aliphatic carbocycles. The van der Waals surface area contributed by atoms with E-state index in [-0.39, 0.29) is 0 Å². The molecule has 0 saturated carbocycles. The van der Waals surface area contributed by atoms with E-state index in [1.54, 1.807) is 0 Å². The lowest BCUT2D eigenvalue weighted by Crippen LogP contribution is -2.10. The Morgan fingerprint density at radius 3 is 2.48 bits per heavy atom. The van der Waals surface area contributed by atoms with Crippen LogP contribution in [0.25, 0.3) is 10.8 Å². The molecule has 0 aliphatic rings. The Balaban J connectivity index is 2.00. The van der Waals surface area contributed by atoms with Crippen LogP contribution in [0.4, 0.5) is 0 Å². The number of hydrogen-bond donors (Lipinski definition) is 1. The summed E-state index contributed by atoms with van der Waals surface area (Å²) in [5.41, 5.74) is 6.47. The predicted octanol–water partition coefficient (Wildman–Crippen LogP) is 5.03. The molecular weight excluding hydrogens is 346 g/mol. The lowest BCUT2D eigenvalue weighted by molar-refractivity contribution is 0.482. The monoisotopic (exact) mass is 357 g/mol. The van der Waals surface area contributed by atoms with Crippen molar-refractivity contribution >= 4 is 43.9 Å². The van der Waals surface area contributed by atoms with E-state index in [4.69, 9.17) is 22.7 Å². The number of thiocarbonyl (C=S) groups is 1. The van der Waals surface area contributed by atoms with Crippen LogP contribution in [0.5, 0.6) is 11.5 Å². The fraction of sp³-hybridized carbons (Fsp3) is 0. The summed E-state index contributed by atoms with van der Waals surface area (Å²) in [6.45, 7) is 0. The summed E-state index contributed by atoms with van der Waals surface area (Å²) in [6.07, 6.45) is 0. The van der Waals surface area contributed by atoms with Gasteiger partial charge in [-0.3, -0.25) is 0 Å². The zero-order valence-electron chi connectivity index (χ0n) is 11.0. The third-order valence-corrected chi connectivity index (χ3v) is 3.87. The van der Waals surface area contributed by atoms with Gasteiger partial charge in [-0.25, -0.2) is 0 Å². The molecule has 3 aromatic rings. The highest BCUT2D eigenvalue weighted by atomic mass is 79.9. The molecule has 2 N–H and O–H groups in total.